The molecule has 5 aromatic rings. The third kappa shape index (κ3) is 4.53. The van der Waals surface area contributed by atoms with Crippen molar-refractivity contribution in [2.75, 3.05) is 17.7 Å². The zero-order valence-electron chi connectivity index (χ0n) is 19.2. The van der Waals surface area contributed by atoms with E-state index in [1.165, 1.54) is 11.3 Å². The lowest BCUT2D eigenvalue weighted by Gasteiger charge is -2.05. The van der Waals surface area contributed by atoms with Crippen molar-refractivity contribution in [1.82, 2.24) is 14.8 Å². The fourth-order valence-electron chi connectivity index (χ4n) is 3.58. The summed E-state index contributed by atoms with van der Waals surface area (Å²) < 4.78 is 6.99. The Morgan fingerprint density at radius 1 is 0.914 bits per heavy atom. The first-order chi connectivity index (χ1) is 16.9. The molecule has 0 aliphatic heterocycles. The number of aryl methyl sites for hydroxylation is 2. The number of nitrogens with one attached hydrogen (secondary N) is 2. The number of nitrogens with zero attached hydrogens (tertiary/aromatic N) is 3. The average molecular weight is 504 g/mol. The normalized spacial score (nSPS) is 10.9. The number of fused-ring (bicyclic) bond motifs is 1. The average Bonchev–Trinajstić information content (AvgIpc) is 3.55. The summed E-state index contributed by atoms with van der Waals surface area (Å²) in [4.78, 5) is 32.0. The van der Waals surface area contributed by atoms with Crippen LogP contribution in [0, 0.1) is 13.8 Å². The van der Waals surface area contributed by atoms with Gasteiger partial charge in [0.2, 0.25) is 0 Å². The van der Waals surface area contributed by atoms with Gasteiger partial charge in [-0.15, -0.1) is 11.3 Å². The summed E-state index contributed by atoms with van der Waals surface area (Å²) in [6.45, 7) is 3.67. The number of thiazole rings is 1. The summed E-state index contributed by atoms with van der Waals surface area (Å²) in [6, 6.07) is 18.7. The van der Waals surface area contributed by atoms with Crippen LogP contribution in [0.4, 0.5) is 10.8 Å². The van der Waals surface area contributed by atoms with Gasteiger partial charge in [-0.25, -0.2) is 9.67 Å². The van der Waals surface area contributed by atoms with Gasteiger partial charge in [-0.3, -0.25) is 14.9 Å². The van der Waals surface area contributed by atoms with Crippen molar-refractivity contribution in [3.8, 4) is 11.4 Å². The van der Waals surface area contributed by atoms with E-state index in [-0.39, 0.29) is 11.8 Å². The summed E-state index contributed by atoms with van der Waals surface area (Å²) in [5, 5.41) is 11.6. The molecule has 2 amide bonds. The lowest BCUT2D eigenvalue weighted by molar-refractivity contribution is 0.102. The van der Waals surface area contributed by atoms with Gasteiger partial charge >= 0.3 is 0 Å². The summed E-state index contributed by atoms with van der Waals surface area (Å²) in [6.07, 6.45) is 0. The van der Waals surface area contributed by atoms with E-state index in [9.17, 15) is 9.59 Å². The van der Waals surface area contributed by atoms with Crippen LogP contribution in [0.2, 0.25) is 0 Å². The lowest BCUT2D eigenvalue weighted by atomic mass is 10.3. The van der Waals surface area contributed by atoms with E-state index in [1.807, 2.05) is 48.0 Å². The maximum atomic E-state index is 13.0. The molecule has 0 atom stereocenters. The van der Waals surface area contributed by atoms with Gasteiger partial charge in [0.1, 0.15) is 15.5 Å². The van der Waals surface area contributed by atoms with E-state index in [2.05, 4.69) is 20.7 Å². The second-order valence-electron chi connectivity index (χ2n) is 7.73. The van der Waals surface area contributed by atoms with Crippen molar-refractivity contribution in [2.24, 2.45) is 0 Å². The third-order valence-electron chi connectivity index (χ3n) is 5.34. The van der Waals surface area contributed by atoms with Crippen LogP contribution < -0.4 is 15.4 Å². The van der Waals surface area contributed by atoms with Crippen LogP contribution in [0.5, 0.6) is 5.75 Å². The number of amides is 2. The molecule has 0 spiro atoms. The van der Waals surface area contributed by atoms with Crippen LogP contribution >= 0.6 is 22.7 Å². The smallest absolute Gasteiger partial charge is 0.267 e. The van der Waals surface area contributed by atoms with Gasteiger partial charge < -0.3 is 10.1 Å². The molecule has 0 unspecified atom stereocenters. The topological polar surface area (TPSA) is 98.1 Å². The van der Waals surface area contributed by atoms with E-state index in [4.69, 9.17) is 4.74 Å². The Morgan fingerprint density at radius 2 is 1.66 bits per heavy atom. The monoisotopic (exact) mass is 503 g/mol. The minimum absolute atomic E-state index is 0.277. The molecule has 0 aliphatic carbocycles. The van der Waals surface area contributed by atoms with Crippen LogP contribution in [0.15, 0.2) is 60.7 Å². The summed E-state index contributed by atoms with van der Waals surface area (Å²) in [5.41, 5.74) is 2.97. The number of hydrogen-bond donors (Lipinski definition) is 2. The van der Waals surface area contributed by atoms with Crippen LogP contribution in [0.3, 0.4) is 0 Å². The Balaban J connectivity index is 1.34. The van der Waals surface area contributed by atoms with Crippen LogP contribution in [0.25, 0.3) is 15.9 Å². The molecular formula is C25H21N5O3S2. The first-order valence-corrected chi connectivity index (χ1v) is 12.3. The fourth-order valence-corrected chi connectivity index (χ4v) is 5.52. The molecule has 0 saturated heterocycles. The molecule has 3 aromatic heterocycles. The molecule has 0 aliphatic rings. The molecule has 0 fully saturated rings. The minimum Gasteiger partial charge on any atom is -0.497 e. The summed E-state index contributed by atoms with van der Waals surface area (Å²) >= 11 is 2.50. The number of methoxy groups -OCH3 is 1. The van der Waals surface area contributed by atoms with Gasteiger partial charge in [0.25, 0.3) is 11.8 Å². The number of para-hydroxylation sites is 1. The van der Waals surface area contributed by atoms with E-state index >= 15 is 0 Å². The standard InChI is InChI=1S/C25H21N5O3S2/c1-14-19-13-20(34-24(19)30(29-14)17-7-5-4-6-8-17)22(31)28-25-26-15(2)21(35-25)23(32)27-16-9-11-18(33-3)12-10-16/h4-13H,1-3H3,(H,27,32)(H,26,28,31). The molecule has 0 radical (unpaired) electrons. The summed E-state index contributed by atoms with van der Waals surface area (Å²) in [5.74, 6) is 0.141. The van der Waals surface area contributed by atoms with Gasteiger partial charge in [0.05, 0.1) is 29.1 Å². The van der Waals surface area contributed by atoms with Gasteiger partial charge in [-0.1, -0.05) is 29.5 Å². The number of ether oxygens (including phenoxy) is 1. The maximum Gasteiger partial charge on any atom is 0.267 e. The molecule has 0 saturated carbocycles. The first-order valence-electron chi connectivity index (χ1n) is 10.7. The molecule has 176 valence electrons. The minimum atomic E-state index is -0.286. The molecule has 10 heteroatoms. The number of benzene rings is 2. The molecule has 2 aromatic carbocycles. The van der Waals surface area contributed by atoms with E-state index < -0.39 is 0 Å². The molecule has 2 N–H and O–H groups in total. The predicted molar refractivity (Wildman–Crippen MR) is 139 cm³/mol. The van der Waals surface area contributed by atoms with Crippen molar-refractivity contribution in [3.05, 3.63) is 81.8 Å². The highest BCUT2D eigenvalue weighted by Gasteiger charge is 2.20. The Kier molecular flexibility index (Phi) is 6.06. The third-order valence-corrected chi connectivity index (χ3v) is 7.52. The number of aromatic nitrogens is 3. The number of carbonyl (C=O) groups excluding carboxylic acids is 2. The van der Waals surface area contributed by atoms with Crippen molar-refractivity contribution in [3.63, 3.8) is 0 Å². The Hall–Kier alpha value is -4.02. The molecule has 5 rings (SSSR count). The zero-order valence-corrected chi connectivity index (χ0v) is 20.8. The van der Waals surface area contributed by atoms with Crippen LogP contribution in [-0.4, -0.2) is 33.7 Å². The van der Waals surface area contributed by atoms with Gasteiger partial charge in [0.15, 0.2) is 5.13 Å². The SMILES string of the molecule is COc1ccc(NC(=O)c2sc(NC(=O)c3cc4c(C)nn(-c5ccccc5)c4s3)nc2C)cc1. The van der Waals surface area contributed by atoms with E-state index in [0.29, 0.717) is 32.0 Å². The van der Waals surface area contributed by atoms with Crippen molar-refractivity contribution in [2.45, 2.75) is 13.8 Å². The highest BCUT2D eigenvalue weighted by molar-refractivity contribution is 7.21. The van der Waals surface area contributed by atoms with Crippen molar-refractivity contribution >= 4 is 55.5 Å². The predicted octanol–water partition coefficient (Wildman–Crippen LogP) is 5.67. The number of hydrogen-bond acceptors (Lipinski definition) is 7. The zero-order chi connectivity index (χ0) is 24.5. The number of anilines is 2. The quantitative estimate of drug-likeness (QED) is 0.311. The highest BCUT2D eigenvalue weighted by atomic mass is 32.1. The van der Waals surface area contributed by atoms with Gasteiger partial charge in [-0.2, -0.15) is 5.10 Å². The molecule has 3 heterocycles. The van der Waals surface area contributed by atoms with E-state index in [0.717, 1.165) is 32.9 Å². The van der Waals surface area contributed by atoms with Crippen molar-refractivity contribution in [1.29, 1.82) is 0 Å². The van der Waals surface area contributed by atoms with Gasteiger partial charge in [-0.05, 0) is 56.3 Å². The fraction of sp³-hybridized carbons (Fsp3) is 0.120. The second kappa shape index (κ2) is 9.32. The number of rotatable bonds is 6. The Bertz CT molecular complexity index is 1530. The molecular weight excluding hydrogens is 482 g/mol. The van der Waals surface area contributed by atoms with Crippen LogP contribution in [0.1, 0.15) is 30.7 Å². The first kappa shape index (κ1) is 22.8. The van der Waals surface area contributed by atoms with Crippen molar-refractivity contribution < 1.29 is 14.3 Å². The number of thiophene rings is 1. The molecule has 35 heavy (non-hydrogen) atoms. The lowest BCUT2D eigenvalue weighted by Crippen LogP contribution is -2.11. The maximum absolute atomic E-state index is 13.0. The second-order valence-corrected chi connectivity index (χ2v) is 9.76. The Morgan fingerprint density at radius 3 is 2.37 bits per heavy atom. The molecule has 0 bridgehead atoms. The van der Waals surface area contributed by atoms with Gasteiger partial charge in [0, 0.05) is 11.1 Å². The summed E-state index contributed by atoms with van der Waals surface area (Å²) in [7, 11) is 1.59. The van der Waals surface area contributed by atoms with Crippen LogP contribution in [-0.2, 0) is 0 Å². The Labute approximate surface area is 209 Å². The molecule has 8 nitrogen and oxygen atoms in total. The highest BCUT2D eigenvalue weighted by Crippen LogP contribution is 2.31. The number of carbonyl (C=O) groups is 2. The van der Waals surface area contributed by atoms with E-state index in [1.54, 1.807) is 38.3 Å². The largest absolute Gasteiger partial charge is 0.497 e.